The standard InChI is InChI=1S/C15H24FN3O3S/c1-18(2)10-11-19(23(3,21)22)12-15(20)17-9-8-13-4-6-14(16)7-5-13/h4-7H,8-12H2,1-3H3,(H,17,20). The molecule has 0 fully saturated rings. The van der Waals surface area contributed by atoms with Gasteiger partial charge in [0.15, 0.2) is 0 Å². The van der Waals surface area contributed by atoms with Crippen molar-refractivity contribution in [1.82, 2.24) is 14.5 Å². The van der Waals surface area contributed by atoms with Crippen LogP contribution in [-0.4, -0.2) is 70.1 Å². The van der Waals surface area contributed by atoms with Gasteiger partial charge in [-0.25, -0.2) is 12.8 Å². The smallest absolute Gasteiger partial charge is 0.235 e. The number of carbonyl (C=O) groups is 1. The highest BCUT2D eigenvalue weighted by molar-refractivity contribution is 7.88. The van der Waals surface area contributed by atoms with Crippen LogP contribution in [0, 0.1) is 5.82 Å². The highest BCUT2D eigenvalue weighted by Crippen LogP contribution is 2.03. The first kappa shape index (κ1) is 19.5. The van der Waals surface area contributed by atoms with E-state index < -0.39 is 10.0 Å². The summed E-state index contributed by atoms with van der Waals surface area (Å²) in [5, 5.41) is 2.68. The molecule has 0 radical (unpaired) electrons. The maximum Gasteiger partial charge on any atom is 0.235 e. The van der Waals surface area contributed by atoms with Crippen LogP contribution in [0.1, 0.15) is 5.56 Å². The van der Waals surface area contributed by atoms with Crippen molar-refractivity contribution in [2.75, 3.05) is 46.5 Å². The third-order valence-electron chi connectivity index (χ3n) is 3.23. The van der Waals surface area contributed by atoms with Gasteiger partial charge in [0.1, 0.15) is 5.82 Å². The van der Waals surface area contributed by atoms with E-state index in [4.69, 9.17) is 0 Å². The number of benzene rings is 1. The molecule has 0 unspecified atom stereocenters. The van der Waals surface area contributed by atoms with Crippen molar-refractivity contribution in [2.45, 2.75) is 6.42 Å². The normalized spacial score (nSPS) is 11.9. The van der Waals surface area contributed by atoms with Gasteiger partial charge < -0.3 is 10.2 Å². The van der Waals surface area contributed by atoms with Crippen LogP contribution in [0.5, 0.6) is 0 Å². The summed E-state index contributed by atoms with van der Waals surface area (Å²) in [5.41, 5.74) is 0.902. The van der Waals surface area contributed by atoms with Crippen molar-refractivity contribution in [3.8, 4) is 0 Å². The third-order valence-corrected chi connectivity index (χ3v) is 4.48. The highest BCUT2D eigenvalue weighted by atomic mass is 32.2. The van der Waals surface area contributed by atoms with Gasteiger partial charge in [-0.1, -0.05) is 12.1 Å². The lowest BCUT2D eigenvalue weighted by Gasteiger charge is -2.21. The van der Waals surface area contributed by atoms with Crippen molar-refractivity contribution in [3.05, 3.63) is 35.6 Å². The predicted octanol–water partition coefficient (Wildman–Crippen LogP) is 0.308. The zero-order valence-corrected chi connectivity index (χ0v) is 14.6. The van der Waals surface area contributed by atoms with Crippen LogP contribution < -0.4 is 5.32 Å². The Hall–Kier alpha value is -1.51. The van der Waals surface area contributed by atoms with Gasteiger partial charge in [-0.15, -0.1) is 0 Å². The molecular formula is C15H24FN3O3S. The number of hydrogen-bond donors (Lipinski definition) is 1. The minimum Gasteiger partial charge on any atom is -0.355 e. The second-order valence-electron chi connectivity index (χ2n) is 5.63. The molecule has 23 heavy (non-hydrogen) atoms. The van der Waals surface area contributed by atoms with E-state index in [-0.39, 0.29) is 24.8 Å². The Morgan fingerprint density at radius 1 is 1.17 bits per heavy atom. The van der Waals surface area contributed by atoms with Crippen LogP contribution in [0.2, 0.25) is 0 Å². The SMILES string of the molecule is CN(C)CCN(CC(=O)NCCc1ccc(F)cc1)S(C)(=O)=O. The van der Waals surface area contributed by atoms with Crippen LogP contribution in [0.4, 0.5) is 4.39 Å². The van der Waals surface area contributed by atoms with Crippen LogP contribution >= 0.6 is 0 Å². The fourth-order valence-corrected chi connectivity index (χ4v) is 2.65. The topological polar surface area (TPSA) is 69.7 Å². The Balaban J connectivity index is 2.44. The summed E-state index contributed by atoms with van der Waals surface area (Å²) in [6.07, 6.45) is 1.65. The largest absolute Gasteiger partial charge is 0.355 e. The summed E-state index contributed by atoms with van der Waals surface area (Å²) in [6, 6.07) is 6.04. The van der Waals surface area contributed by atoms with Gasteiger partial charge in [-0.05, 0) is 38.2 Å². The quantitative estimate of drug-likeness (QED) is 0.699. The van der Waals surface area contributed by atoms with Crippen molar-refractivity contribution >= 4 is 15.9 Å². The minimum atomic E-state index is -3.43. The summed E-state index contributed by atoms with van der Waals surface area (Å²) in [7, 11) is 0.240. The van der Waals surface area contributed by atoms with E-state index in [1.807, 2.05) is 19.0 Å². The van der Waals surface area contributed by atoms with Crippen molar-refractivity contribution in [2.24, 2.45) is 0 Å². The molecule has 1 N–H and O–H groups in total. The molecule has 1 aromatic rings. The van der Waals surface area contributed by atoms with Gasteiger partial charge in [0, 0.05) is 19.6 Å². The molecule has 1 rings (SSSR count). The molecular weight excluding hydrogens is 321 g/mol. The van der Waals surface area contributed by atoms with Gasteiger partial charge in [0.25, 0.3) is 0 Å². The molecule has 0 spiro atoms. The van der Waals surface area contributed by atoms with Crippen LogP contribution in [-0.2, 0) is 21.2 Å². The summed E-state index contributed by atoms with van der Waals surface area (Å²) in [4.78, 5) is 13.8. The first-order chi connectivity index (χ1) is 10.7. The van der Waals surface area contributed by atoms with Crippen LogP contribution in [0.15, 0.2) is 24.3 Å². The first-order valence-corrected chi connectivity index (χ1v) is 9.14. The zero-order chi connectivity index (χ0) is 17.5. The lowest BCUT2D eigenvalue weighted by molar-refractivity contribution is -0.121. The number of amides is 1. The van der Waals surface area contributed by atoms with E-state index in [9.17, 15) is 17.6 Å². The molecule has 0 aliphatic rings. The zero-order valence-electron chi connectivity index (χ0n) is 13.8. The van der Waals surface area contributed by atoms with Crippen molar-refractivity contribution < 1.29 is 17.6 Å². The molecule has 0 aromatic heterocycles. The number of halogens is 1. The highest BCUT2D eigenvalue weighted by Gasteiger charge is 2.19. The third kappa shape index (κ3) is 8.06. The Labute approximate surface area is 137 Å². The molecule has 8 heteroatoms. The monoisotopic (exact) mass is 345 g/mol. The molecule has 0 aliphatic heterocycles. The Kier molecular flexibility index (Phi) is 7.60. The average molecular weight is 345 g/mol. The van der Waals surface area contributed by atoms with Crippen molar-refractivity contribution in [1.29, 1.82) is 0 Å². The van der Waals surface area contributed by atoms with E-state index >= 15 is 0 Å². The molecule has 0 saturated carbocycles. The molecule has 1 aromatic carbocycles. The molecule has 130 valence electrons. The summed E-state index contributed by atoms with van der Waals surface area (Å²) >= 11 is 0. The van der Waals surface area contributed by atoms with Gasteiger partial charge in [0.2, 0.25) is 15.9 Å². The fourth-order valence-electron chi connectivity index (χ4n) is 1.89. The average Bonchev–Trinajstić information content (AvgIpc) is 2.44. The summed E-state index contributed by atoms with van der Waals surface area (Å²) < 4.78 is 37.3. The molecule has 0 saturated heterocycles. The Morgan fingerprint density at radius 2 is 1.78 bits per heavy atom. The number of sulfonamides is 1. The van der Waals surface area contributed by atoms with E-state index in [1.165, 1.54) is 12.1 Å². The predicted molar refractivity (Wildman–Crippen MR) is 88.1 cm³/mol. The maximum atomic E-state index is 12.8. The van der Waals surface area contributed by atoms with E-state index in [2.05, 4.69) is 5.32 Å². The fraction of sp³-hybridized carbons (Fsp3) is 0.533. The molecule has 6 nitrogen and oxygen atoms in total. The van der Waals surface area contributed by atoms with E-state index in [1.54, 1.807) is 12.1 Å². The molecule has 0 heterocycles. The second-order valence-corrected chi connectivity index (χ2v) is 7.61. The van der Waals surface area contributed by atoms with Gasteiger partial charge in [-0.3, -0.25) is 4.79 Å². The Bertz CT molecular complexity index is 603. The number of likely N-dealkylation sites (N-methyl/N-ethyl adjacent to an activating group) is 1. The number of nitrogens with one attached hydrogen (secondary N) is 1. The summed E-state index contributed by atoms with van der Waals surface area (Å²) in [6.45, 7) is 0.971. The second kappa shape index (κ2) is 8.95. The lowest BCUT2D eigenvalue weighted by Crippen LogP contribution is -2.43. The van der Waals surface area contributed by atoms with Gasteiger partial charge >= 0.3 is 0 Å². The lowest BCUT2D eigenvalue weighted by atomic mass is 10.1. The van der Waals surface area contributed by atoms with Gasteiger partial charge in [0.05, 0.1) is 12.8 Å². The number of rotatable bonds is 9. The van der Waals surface area contributed by atoms with Crippen molar-refractivity contribution in [3.63, 3.8) is 0 Å². The minimum absolute atomic E-state index is 0.198. The van der Waals surface area contributed by atoms with Crippen LogP contribution in [0.25, 0.3) is 0 Å². The molecule has 0 aliphatic carbocycles. The summed E-state index contributed by atoms with van der Waals surface area (Å²) in [5.74, 6) is -0.654. The maximum absolute atomic E-state index is 12.8. The molecule has 1 amide bonds. The molecule has 0 bridgehead atoms. The number of hydrogen-bond acceptors (Lipinski definition) is 4. The van der Waals surface area contributed by atoms with E-state index in [0.717, 1.165) is 16.1 Å². The first-order valence-electron chi connectivity index (χ1n) is 7.29. The molecule has 0 atom stereocenters. The van der Waals surface area contributed by atoms with Gasteiger partial charge in [-0.2, -0.15) is 4.31 Å². The van der Waals surface area contributed by atoms with E-state index in [0.29, 0.717) is 19.5 Å². The van der Waals surface area contributed by atoms with Crippen LogP contribution in [0.3, 0.4) is 0 Å². The number of carbonyl (C=O) groups excluding carboxylic acids is 1. The Morgan fingerprint density at radius 3 is 2.30 bits per heavy atom. The number of nitrogens with zero attached hydrogens (tertiary/aromatic N) is 2.